The fourth-order valence-corrected chi connectivity index (χ4v) is 3.35. The summed E-state index contributed by atoms with van der Waals surface area (Å²) in [5, 5.41) is 15.1. The zero-order chi connectivity index (χ0) is 18.6. The molecule has 1 aromatic rings. The van der Waals surface area contributed by atoms with Gasteiger partial charge in [-0.25, -0.2) is 4.79 Å². The third-order valence-electron chi connectivity index (χ3n) is 5.11. The predicted octanol–water partition coefficient (Wildman–Crippen LogP) is 3.99. The zero-order valence-electron chi connectivity index (χ0n) is 15.6. The summed E-state index contributed by atoms with van der Waals surface area (Å²) in [6.45, 7) is 8.29. The van der Waals surface area contributed by atoms with Gasteiger partial charge in [0.25, 0.3) is 0 Å². The Bertz CT molecular complexity index is 617. The lowest BCUT2D eigenvalue weighted by Crippen LogP contribution is -2.50. The summed E-state index contributed by atoms with van der Waals surface area (Å²) in [5.74, 6) is -0.556. The van der Waals surface area contributed by atoms with Crippen LogP contribution in [0.1, 0.15) is 70.4 Å². The molecule has 138 valence electrons. The van der Waals surface area contributed by atoms with Crippen LogP contribution in [0.15, 0.2) is 24.3 Å². The van der Waals surface area contributed by atoms with Crippen molar-refractivity contribution in [2.45, 2.75) is 70.9 Å². The summed E-state index contributed by atoms with van der Waals surface area (Å²) in [6.07, 6.45) is 2.68. The van der Waals surface area contributed by atoms with Gasteiger partial charge < -0.3 is 15.7 Å². The van der Waals surface area contributed by atoms with Gasteiger partial charge in [0, 0.05) is 6.04 Å². The van der Waals surface area contributed by atoms with E-state index in [4.69, 9.17) is 5.11 Å². The van der Waals surface area contributed by atoms with Crippen LogP contribution in [-0.4, -0.2) is 23.1 Å². The highest BCUT2D eigenvalue weighted by Gasteiger charge is 2.28. The maximum atomic E-state index is 12.4. The number of benzene rings is 1. The molecule has 2 rings (SSSR count). The second kappa shape index (κ2) is 7.89. The summed E-state index contributed by atoms with van der Waals surface area (Å²) in [4.78, 5) is 23.4. The highest BCUT2D eigenvalue weighted by Crippen LogP contribution is 2.26. The Morgan fingerprint density at radius 2 is 1.80 bits per heavy atom. The van der Waals surface area contributed by atoms with Crippen molar-refractivity contribution in [2.24, 2.45) is 5.92 Å². The lowest BCUT2D eigenvalue weighted by atomic mass is 9.86. The first-order valence-corrected chi connectivity index (χ1v) is 9.11. The van der Waals surface area contributed by atoms with Gasteiger partial charge in [-0.2, -0.15) is 0 Å². The summed E-state index contributed by atoms with van der Waals surface area (Å²) in [6, 6.07) is 8.16. The van der Waals surface area contributed by atoms with Crippen LogP contribution in [0.4, 0.5) is 4.79 Å². The van der Waals surface area contributed by atoms with Crippen LogP contribution in [0.3, 0.4) is 0 Å². The average Bonchev–Trinajstić information content (AvgIpc) is 2.54. The Kier molecular flexibility index (Phi) is 6.09. The third-order valence-corrected chi connectivity index (χ3v) is 5.11. The fourth-order valence-electron chi connectivity index (χ4n) is 3.35. The first-order chi connectivity index (χ1) is 11.7. The molecular weight excluding hydrogens is 316 g/mol. The summed E-state index contributed by atoms with van der Waals surface area (Å²) >= 11 is 0. The maximum Gasteiger partial charge on any atom is 0.315 e. The van der Waals surface area contributed by atoms with Crippen LogP contribution in [0.25, 0.3) is 0 Å². The van der Waals surface area contributed by atoms with Gasteiger partial charge in [0.05, 0.1) is 11.5 Å². The standard InChI is InChI=1S/C20H30N2O3/c1-13(2)15-6-5-7-16(12-15)20(3,4)22-19(25)21-17-10-8-14(9-11-17)18(23)24/h5-7,12-14,17H,8-11H2,1-4H3,(H,23,24)(H2,21,22,25). The molecule has 1 aliphatic rings. The molecule has 5 nitrogen and oxygen atoms in total. The maximum absolute atomic E-state index is 12.4. The van der Waals surface area contributed by atoms with Crippen LogP contribution >= 0.6 is 0 Å². The van der Waals surface area contributed by atoms with E-state index in [-0.39, 0.29) is 18.0 Å². The first kappa shape index (κ1) is 19.3. The van der Waals surface area contributed by atoms with Crippen molar-refractivity contribution in [1.29, 1.82) is 0 Å². The average molecular weight is 346 g/mol. The number of hydrogen-bond acceptors (Lipinski definition) is 2. The number of urea groups is 1. The molecule has 5 heteroatoms. The van der Waals surface area contributed by atoms with Gasteiger partial charge in [-0.1, -0.05) is 38.1 Å². The number of carboxylic acids is 1. The molecule has 0 aliphatic heterocycles. The molecule has 0 heterocycles. The quantitative estimate of drug-likeness (QED) is 0.754. The molecule has 0 spiro atoms. The van der Waals surface area contributed by atoms with E-state index in [1.165, 1.54) is 5.56 Å². The lowest BCUT2D eigenvalue weighted by Gasteiger charge is -2.31. The van der Waals surface area contributed by atoms with E-state index in [1.807, 2.05) is 26.0 Å². The number of carbonyl (C=O) groups is 2. The number of amides is 2. The normalized spacial score (nSPS) is 21.0. The van der Waals surface area contributed by atoms with Gasteiger partial charge in [-0.3, -0.25) is 4.79 Å². The fraction of sp³-hybridized carbons (Fsp3) is 0.600. The Hall–Kier alpha value is -2.04. The van der Waals surface area contributed by atoms with E-state index in [0.717, 1.165) is 5.56 Å². The Labute approximate surface area is 150 Å². The molecule has 2 amide bonds. The number of rotatable bonds is 5. The van der Waals surface area contributed by atoms with Gasteiger partial charge in [-0.15, -0.1) is 0 Å². The van der Waals surface area contributed by atoms with Crippen LogP contribution in [-0.2, 0) is 10.3 Å². The number of nitrogens with one attached hydrogen (secondary N) is 2. The lowest BCUT2D eigenvalue weighted by molar-refractivity contribution is -0.142. The molecule has 3 N–H and O–H groups in total. The van der Waals surface area contributed by atoms with E-state index in [0.29, 0.717) is 31.6 Å². The number of aliphatic carboxylic acids is 1. The van der Waals surface area contributed by atoms with E-state index in [1.54, 1.807) is 0 Å². The van der Waals surface area contributed by atoms with E-state index in [9.17, 15) is 9.59 Å². The topological polar surface area (TPSA) is 78.4 Å². The minimum Gasteiger partial charge on any atom is -0.481 e. The van der Waals surface area contributed by atoms with Gasteiger partial charge in [0.2, 0.25) is 0 Å². The van der Waals surface area contributed by atoms with Gasteiger partial charge in [-0.05, 0) is 56.6 Å². The molecule has 1 saturated carbocycles. The van der Waals surface area contributed by atoms with E-state index < -0.39 is 11.5 Å². The third kappa shape index (κ3) is 5.21. The molecule has 1 aliphatic carbocycles. The monoisotopic (exact) mass is 346 g/mol. The van der Waals surface area contributed by atoms with Crippen LogP contribution in [0.2, 0.25) is 0 Å². The van der Waals surface area contributed by atoms with E-state index >= 15 is 0 Å². The van der Waals surface area contributed by atoms with Gasteiger partial charge >= 0.3 is 12.0 Å². The largest absolute Gasteiger partial charge is 0.481 e. The second-order valence-electron chi connectivity index (χ2n) is 7.89. The van der Waals surface area contributed by atoms with Crippen molar-refractivity contribution in [2.75, 3.05) is 0 Å². The molecule has 0 aromatic heterocycles. The van der Waals surface area contributed by atoms with Crippen LogP contribution in [0, 0.1) is 5.92 Å². The highest BCUT2D eigenvalue weighted by atomic mass is 16.4. The van der Waals surface area contributed by atoms with Crippen molar-refractivity contribution >= 4 is 12.0 Å². The molecule has 0 radical (unpaired) electrons. The van der Waals surface area contributed by atoms with Crippen LogP contribution in [0.5, 0.6) is 0 Å². The molecule has 0 unspecified atom stereocenters. The SMILES string of the molecule is CC(C)c1cccc(C(C)(C)NC(=O)NC2CCC(C(=O)O)CC2)c1. The van der Waals surface area contributed by atoms with E-state index in [2.05, 4.69) is 36.6 Å². The van der Waals surface area contributed by atoms with Crippen molar-refractivity contribution < 1.29 is 14.7 Å². The van der Waals surface area contributed by atoms with Crippen molar-refractivity contribution in [3.63, 3.8) is 0 Å². The number of carbonyl (C=O) groups excluding carboxylic acids is 1. The first-order valence-electron chi connectivity index (χ1n) is 9.11. The molecular formula is C20H30N2O3. The Morgan fingerprint density at radius 1 is 1.16 bits per heavy atom. The second-order valence-corrected chi connectivity index (χ2v) is 7.89. The van der Waals surface area contributed by atoms with Crippen molar-refractivity contribution in [1.82, 2.24) is 10.6 Å². The number of carboxylic acid groups (broad SMARTS) is 1. The van der Waals surface area contributed by atoms with Gasteiger partial charge in [0.15, 0.2) is 0 Å². The van der Waals surface area contributed by atoms with Crippen molar-refractivity contribution in [3.05, 3.63) is 35.4 Å². The predicted molar refractivity (Wildman–Crippen MR) is 98.6 cm³/mol. The molecule has 0 bridgehead atoms. The Morgan fingerprint density at radius 3 is 2.36 bits per heavy atom. The zero-order valence-corrected chi connectivity index (χ0v) is 15.6. The molecule has 1 fully saturated rings. The molecule has 1 aromatic carbocycles. The summed E-state index contributed by atoms with van der Waals surface area (Å²) < 4.78 is 0. The molecule has 25 heavy (non-hydrogen) atoms. The van der Waals surface area contributed by atoms with Crippen LogP contribution < -0.4 is 10.6 Å². The molecule has 0 atom stereocenters. The Balaban J connectivity index is 1.93. The highest BCUT2D eigenvalue weighted by molar-refractivity contribution is 5.75. The smallest absolute Gasteiger partial charge is 0.315 e. The molecule has 0 saturated heterocycles. The minimum atomic E-state index is -0.728. The van der Waals surface area contributed by atoms with Gasteiger partial charge in [0.1, 0.15) is 0 Å². The number of hydrogen-bond donors (Lipinski definition) is 3. The summed E-state index contributed by atoms with van der Waals surface area (Å²) in [5.41, 5.74) is 1.84. The summed E-state index contributed by atoms with van der Waals surface area (Å²) in [7, 11) is 0. The van der Waals surface area contributed by atoms with Crippen molar-refractivity contribution in [3.8, 4) is 0 Å². The minimum absolute atomic E-state index is 0.0494.